The summed E-state index contributed by atoms with van der Waals surface area (Å²) < 4.78 is 5.29. The zero-order chi connectivity index (χ0) is 26.3. The maximum absolute atomic E-state index is 11.0. The molecule has 36 heavy (non-hydrogen) atoms. The Morgan fingerprint density at radius 2 is 2.11 bits per heavy atom. The molecular weight excluding hydrogens is 448 g/mol. The van der Waals surface area contributed by atoms with E-state index in [0.29, 0.717) is 17.6 Å². The fraction of sp³-hybridized carbons (Fsp3) is 0.567. The normalized spacial score (nSPS) is 18.7. The van der Waals surface area contributed by atoms with Gasteiger partial charge in [0.25, 0.3) is 0 Å². The molecule has 6 heteroatoms. The first kappa shape index (κ1) is 27.7. The number of allylic oxidation sites excluding steroid dienone is 2. The van der Waals surface area contributed by atoms with Gasteiger partial charge in [0.05, 0.1) is 12.7 Å². The number of hydrogen-bond acceptors (Lipinski definition) is 6. The highest BCUT2D eigenvalue weighted by Gasteiger charge is 2.37. The Morgan fingerprint density at radius 1 is 1.36 bits per heavy atom. The molecule has 0 aromatic heterocycles. The van der Waals surface area contributed by atoms with Crippen molar-refractivity contribution in [3.8, 4) is 11.8 Å². The van der Waals surface area contributed by atoms with Crippen LogP contribution in [0.15, 0.2) is 58.1 Å². The second-order valence-corrected chi connectivity index (χ2v) is 11.3. The molecule has 2 aliphatic rings. The molecule has 1 N–H and O–H groups in total. The topological polar surface area (TPSA) is 77.7 Å². The third-order valence-corrected chi connectivity index (χ3v) is 7.48. The molecule has 0 unspecified atom stereocenters. The predicted octanol–water partition coefficient (Wildman–Crippen LogP) is 7.17. The molecule has 1 heterocycles. The van der Waals surface area contributed by atoms with Gasteiger partial charge in [0, 0.05) is 37.4 Å². The van der Waals surface area contributed by atoms with Crippen LogP contribution in [-0.2, 0) is 6.42 Å². The lowest BCUT2D eigenvalue weighted by molar-refractivity contribution is 0.0625. The van der Waals surface area contributed by atoms with Gasteiger partial charge >= 0.3 is 0 Å². The molecule has 0 radical (unpaired) electrons. The first-order valence-electron chi connectivity index (χ1n) is 13.2. The first-order valence-corrected chi connectivity index (χ1v) is 13.2. The van der Waals surface area contributed by atoms with E-state index >= 15 is 0 Å². The number of rotatable bonds is 12. The van der Waals surface area contributed by atoms with E-state index in [2.05, 4.69) is 55.7 Å². The maximum atomic E-state index is 11.0. The quantitative estimate of drug-likeness (QED) is 0.248. The average Bonchev–Trinajstić information content (AvgIpc) is 2.83. The van der Waals surface area contributed by atoms with Crippen LogP contribution in [-0.4, -0.2) is 31.6 Å². The van der Waals surface area contributed by atoms with Gasteiger partial charge < -0.3 is 10.1 Å². The molecule has 0 bridgehead atoms. The Labute approximate surface area is 217 Å². The van der Waals surface area contributed by atoms with Gasteiger partial charge in [-0.2, -0.15) is 5.26 Å². The Morgan fingerprint density at radius 3 is 2.72 bits per heavy atom. The highest BCUT2D eigenvalue weighted by Crippen LogP contribution is 2.45. The van der Waals surface area contributed by atoms with Crippen molar-refractivity contribution in [2.24, 2.45) is 16.5 Å². The van der Waals surface area contributed by atoms with E-state index < -0.39 is 0 Å². The van der Waals surface area contributed by atoms with E-state index in [1.54, 1.807) is 6.07 Å². The van der Waals surface area contributed by atoms with E-state index in [-0.39, 0.29) is 5.69 Å². The molecule has 0 spiro atoms. The molecule has 3 rings (SSSR count). The summed E-state index contributed by atoms with van der Waals surface area (Å²) in [5.41, 5.74) is 6.78. The number of nitrogens with one attached hydrogen (secondary N) is 1. The van der Waals surface area contributed by atoms with Crippen molar-refractivity contribution in [1.29, 1.82) is 5.26 Å². The molecule has 1 aliphatic carbocycles. The lowest BCUT2D eigenvalue weighted by atomic mass is 9.64. The Kier molecular flexibility index (Phi) is 9.50. The van der Waals surface area contributed by atoms with Crippen molar-refractivity contribution >= 4 is 5.69 Å². The summed E-state index contributed by atoms with van der Waals surface area (Å²) >= 11 is 0. The SMILES string of the molecule is C=C(Cc1ccc(N=O)c(OC)c1)N/C(CCCC)=C(\C#N)C1=C(C)CCN(CC2CC(C)(C)C2)C1. The summed E-state index contributed by atoms with van der Waals surface area (Å²) in [6, 6.07) is 7.90. The van der Waals surface area contributed by atoms with E-state index in [1.807, 2.05) is 12.1 Å². The predicted molar refractivity (Wildman–Crippen MR) is 147 cm³/mol. The molecule has 194 valence electrons. The van der Waals surface area contributed by atoms with Gasteiger partial charge in [0.2, 0.25) is 0 Å². The lowest BCUT2D eigenvalue weighted by Gasteiger charge is -2.45. The third kappa shape index (κ3) is 7.07. The van der Waals surface area contributed by atoms with Crippen molar-refractivity contribution in [1.82, 2.24) is 10.2 Å². The van der Waals surface area contributed by atoms with Gasteiger partial charge in [-0.15, -0.1) is 4.91 Å². The summed E-state index contributed by atoms with van der Waals surface area (Å²) in [6.07, 6.45) is 7.02. The fourth-order valence-corrected chi connectivity index (χ4v) is 5.69. The number of hydrogen-bond donors (Lipinski definition) is 1. The van der Waals surface area contributed by atoms with E-state index in [1.165, 1.54) is 31.1 Å². The van der Waals surface area contributed by atoms with Crippen LogP contribution in [0.1, 0.15) is 71.8 Å². The van der Waals surface area contributed by atoms with Crippen LogP contribution >= 0.6 is 0 Å². The lowest BCUT2D eigenvalue weighted by Crippen LogP contribution is -2.42. The first-order chi connectivity index (χ1) is 17.2. The summed E-state index contributed by atoms with van der Waals surface area (Å²) in [5, 5.41) is 16.8. The van der Waals surface area contributed by atoms with Crippen LogP contribution < -0.4 is 10.1 Å². The van der Waals surface area contributed by atoms with Crippen molar-refractivity contribution in [2.45, 2.75) is 72.6 Å². The van der Waals surface area contributed by atoms with E-state index in [9.17, 15) is 10.2 Å². The minimum absolute atomic E-state index is 0.282. The zero-order valence-electron chi connectivity index (χ0n) is 22.7. The Balaban J connectivity index is 1.78. The highest BCUT2D eigenvalue weighted by molar-refractivity contribution is 5.54. The van der Waals surface area contributed by atoms with Crippen LogP contribution in [0, 0.1) is 27.6 Å². The van der Waals surface area contributed by atoms with Gasteiger partial charge in [-0.3, -0.25) is 4.90 Å². The minimum atomic E-state index is 0.282. The van der Waals surface area contributed by atoms with Crippen LogP contribution in [0.5, 0.6) is 5.75 Å². The molecule has 1 saturated carbocycles. The highest BCUT2D eigenvalue weighted by atomic mass is 16.5. The number of unbranched alkanes of at least 4 members (excludes halogenated alkanes) is 1. The summed E-state index contributed by atoms with van der Waals surface area (Å²) in [7, 11) is 1.53. The second-order valence-electron chi connectivity index (χ2n) is 11.3. The summed E-state index contributed by atoms with van der Waals surface area (Å²) in [4.78, 5) is 13.5. The van der Waals surface area contributed by atoms with Crippen molar-refractivity contribution in [2.75, 3.05) is 26.7 Å². The maximum Gasteiger partial charge on any atom is 0.149 e. The molecule has 1 fully saturated rings. The molecule has 1 aromatic carbocycles. The number of nitrogens with zero attached hydrogens (tertiary/aromatic N) is 3. The van der Waals surface area contributed by atoms with Gasteiger partial charge in [-0.05, 0) is 78.8 Å². The minimum Gasteiger partial charge on any atom is -0.494 e. The van der Waals surface area contributed by atoms with Crippen LogP contribution in [0.2, 0.25) is 0 Å². The van der Waals surface area contributed by atoms with Crippen LogP contribution in [0.4, 0.5) is 5.69 Å². The molecular formula is C30H42N4O2. The Hall–Kier alpha value is -2.91. The van der Waals surface area contributed by atoms with Gasteiger partial charge in [0.15, 0.2) is 0 Å². The number of methoxy groups -OCH3 is 1. The summed E-state index contributed by atoms with van der Waals surface area (Å²) in [6.45, 7) is 16.3. The number of ether oxygens (including phenoxy) is 1. The van der Waals surface area contributed by atoms with Crippen molar-refractivity contribution < 1.29 is 4.74 Å². The molecule has 6 nitrogen and oxygen atoms in total. The zero-order valence-corrected chi connectivity index (χ0v) is 22.7. The smallest absolute Gasteiger partial charge is 0.149 e. The van der Waals surface area contributed by atoms with Crippen molar-refractivity contribution in [3.63, 3.8) is 0 Å². The molecule has 1 aliphatic heterocycles. The van der Waals surface area contributed by atoms with Crippen LogP contribution in [0.3, 0.4) is 0 Å². The second kappa shape index (κ2) is 12.4. The number of nitriles is 1. The van der Waals surface area contributed by atoms with E-state index in [4.69, 9.17) is 4.74 Å². The average molecular weight is 491 g/mol. The third-order valence-electron chi connectivity index (χ3n) is 7.48. The fourth-order valence-electron chi connectivity index (χ4n) is 5.69. The van der Waals surface area contributed by atoms with E-state index in [0.717, 1.165) is 73.8 Å². The molecule has 0 saturated heterocycles. The summed E-state index contributed by atoms with van der Waals surface area (Å²) in [5.74, 6) is 1.22. The van der Waals surface area contributed by atoms with Gasteiger partial charge in [-0.1, -0.05) is 45.4 Å². The largest absolute Gasteiger partial charge is 0.494 e. The Bertz CT molecular complexity index is 1070. The van der Waals surface area contributed by atoms with Gasteiger partial charge in [-0.25, -0.2) is 0 Å². The standard InChI is InChI=1S/C30H42N4O2/c1-7-8-9-27(32-22(3)14-23-10-11-28(33-35)29(15-23)36-6)25(18-31)26-20-34(13-12-21(26)2)19-24-16-30(4,5)17-24/h10-11,15,24,32H,3,7-9,12-14,16-17,19-20H2,1-2,4-6H3/b27-25+. The molecule has 0 amide bonds. The monoisotopic (exact) mass is 490 g/mol. The van der Waals surface area contributed by atoms with Crippen LogP contribution in [0.25, 0.3) is 0 Å². The molecule has 0 atom stereocenters. The molecule has 1 aromatic rings. The number of nitroso groups, excluding NO2 is 1. The van der Waals surface area contributed by atoms with Gasteiger partial charge in [0.1, 0.15) is 17.5 Å². The van der Waals surface area contributed by atoms with Crippen molar-refractivity contribution in [3.05, 3.63) is 63.4 Å². The number of benzene rings is 1.